The van der Waals surface area contributed by atoms with Gasteiger partial charge in [0.15, 0.2) is 0 Å². The van der Waals surface area contributed by atoms with E-state index in [1.54, 1.807) is 7.05 Å². The summed E-state index contributed by atoms with van der Waals surface area (Å²) < 4.78 is 0. The molecule has 0 saturated heterocycles. The van der Waals surface area contributed by atoms with E-state index in [9.17, 15) is 0 Å². The first-order valence-electron chi connectivity index (χ1n) is 5.90. The number of benzene rings is 1. The van der Waals surface area contributed by atoms with Gasteiger partial charge in [-0.25, -0.2) is 0 Å². The summed E-state index contributed by atoms with van der Waals surface area (Å²) in [4.78, 5) is 1.46. The van der Waals surface area contributed by atoms with Crippen LogP contribution in [0.4, 0.5) is 0 Å². The summed E-state index contributed by atoms with van der Waals surface area (Å²) >= 11 is 0. The molecular weight excluding hydrogens is 212 g/mol. The third-order valence-corrected chi connectivity index (χ3v) is 2.27. The van der Waals surface area contributed by atoms with Gasteiger partial charge in [-0.05, 0) is 36.3 Å². The highest BCUT2D eigenvalue weighted by atomic mass is 15.6. The van der Waals surface area contributed by atoms with E-state index >= 15 is 0 Å². The Morgan fingerprint density at radius 3 is 2.24 bits per heavy atom. The molecule has 0 bridgehead atoms. The largest absolute Gasteiger partial charge is 0.204 e. The lowest BCUT2D eigenvalue weighted by molar-refractivity contribution is 0.630. The standard InChI is InChI=1S/C10H12N4.C3H8/c1-7-4-5-9(6-8(7)2)10-11-13-14(3)12-10;1-3-2/h4-6H,1-3H3;3H2,1-2H3. The molecule has 0 unspecified atom stereocenters. The van der Waals surface area contributed by atoms with Crippen LogP contribution in [-0.2, 0) is 7.05 Å². The van der Waals surface area contributed by atoms with E-state index in [-0.39, 0.29) is 0 Å². The molecule has 0 aliphatic rings. The van der Waals surface area contributed by atoms with E-state index in [4.69, 9.17) is 0 Å². The predicted octanol–water partition coefficient (Wildman–Crippen LogP) is 2.91. The highest BCUT2D eigenvalue weighted by molar-refractivity contribution is 5.56. The Morgan fingerprint density at radius 1 is 1.12 bits per heavy atom. The third kappa shape index (κ3) is 3.66. The van der Waals surface area contributed by atoms with Crippen LogP contribution in [0.5, 0.6) is 0 Å². The van der Waals surface area contributed by atoms with Crippen LogP contribution < -0.4 is 0 Å². The number of hydrogen-bond donors (Lipinski definition) is 0. The lowest BCUT2D eigenvalue weighted by Gasteiger charge is -2.00. The number of aromatic nitrogens is 4. The zero-order chi connectivity index (χ0) is 12.8. The Bertz CT molecular complexity index is 474. The maximum atomic E-state index is 4.15. The SMILES string of the molecule is CCC.Cc1ccc(-c2nnn(C)n2)cc1C. The number of aryl methyl sites for hydroxylation is 3. The number of hydrogen-bond acceptors (Lipinski definition) is 3. The van der Waals surface area contributed by atoms with Gasteiger partial charge in [0.1, 0.15) is 0 Å². The van der Waals surface area contributed by atoms with E-state index in [0.29, 0.717) is 5.82 Å². The minimum atomic E-state index is 0.676. The summed E-state index contributed by atoms with van der Waals surface area (Å²) in [6.45, 7) is 8.42. The molecule has 17 heavy (non-hydrogen) atoms. The van der Waals surface area contributed by atoms with Crippen molar-refractivity contribution in [2.75, 3.05) is 0 Å². The molecular formula is C13H20N4. The Balaban J connectivity index is 0.000000437. The van der Waals surface area contributed by atoms with Crippen molar-refractivity contribution in [1.82, 2.24) is 20.2 Å². The van der Waals surface area contributed by atoms with E-state index < -0.39 is 0 Å². The predicted molar refractivity (Wildman–Crippen MR) is 69.7 cm³/mol. The monoisotopic (exact) mass is 232 g/mol. The van der Waals surface area contributed by atoms with E-state index in [2.05, 4.69) is 55.2 Å². The zero-order valence-electron chi connectivity index (χ0n) is 11.2. The van der Waals surface area contributed by atoms with Gasteiger partial charge in [0.05, 0.1) is 7.05 Å². The number of nitrogens with zero attached hydrogens (tertiary/aromatic N) is 4. The van der Waals surface area contributed by atoms with Gasteiger partial charge in [0.25, 0.3) is 0 Å². The van der Waals surface area contributed by atoms with Gasteiger partial charge in [0.2, 0.25) is 5.82 Å². The summed E-state index contributed by atoms with van der Waals surface area (Å²) in [5, 5.41) is 11.9. The molecule has 0 radical (unpaired) electrons. The van der Waals surface area contributed by atoms with Crippen molar-refractivity contribution in [3.05, 3.63) is 29.3 Å². The Labute approximate surface area is 103 Å². The lowest BCUT2D eigenvalue weighted by atomic mass is 10.1. The molecule has 0 spiro atoms. The van der Waals surface area contributed by atoms with Crippen molar-refractivity contribution in [1.29, 1.82) is 0 Å². The summed E-state index contributed by atoms with van der Waals surface area (Å²) in [7, 11) is 1.76. The molecule has 2 rings (SSSR count). The van der Waals surface area contributed by atoms with Crippen LogP contribution in [0.2, 0.25) is 0 Å². The fraction of sp³-hybridized carbons (Fsp3) is 0.462. The van der Waals surface area contributed by atoms with Crippen LogP contribution in [0.25, 0.3) is 11.4 Å². The van der Waals surface area contributed by atoms with Gasteiger partial charge < -0.3 is 0 Å². The minimum Gasteiger partial charge on any atom is -0.167 e. The van der Waals surface area contributed by atoms with Crippen molar-refractivity contribution in [2.45, 2.75) is 34.1 Å². The van der Waals surface area contributed by atoms with Crippen LogP contribution >= 0.6 is 0 Å². The smallest absolute Gasteiger partial charge is 0.167 e. The van der Waals surface area contributed by atoms with Crippen molar-refractivity contribution >= 4 is 0 Å². The zero-order valence-corrected chi connectivity index (χ0v) is 11.2. The van der Waals surface area contributed by atoms with Gasteiger partial charge in [-0.1, -0.05) is 32.4 Å². The maximum Gasteiger partial charge on any atom is 0.204 e. The third-order valence-electron chi connectivity index (χ3n) is 2.27. The van der Waals surface area contributed by atoms with Crippen molar-refractivity contribution in [2.24, 2.45) is 7.05 Å². The normalized spacial score (nSPS) is 9.71. The van der Waals surface area contributed by atoms with Crippen molar-refractivity contribution in [3.8, 4) is 11.4 Å². The molecule has 0 atom stereocenters. The molecule has 2 aromatic rings. The first-order valence-corrected chi connectivity index (χ1v) is 5.90. The second-order valence-electron chi connectivity index (χ2n) is 4.11. The average Bonchev–Trinajstić information content (AvgIpc) is 2.70. The molecule has 0 aliphatic heterocycles. The molecule has 0 N–H and O–H groups in total. The Hall–Kier alpha value is -1.71. The van der Waals surface area contributed by atoms with Crippen LogP contribution in [0.3, 0.4) is 0 Å². The molecule has 0 saturated carbocycles. The summed E-state index contributed by atoms with van der Waals surface area (Å²) in [5.41, 5.74) is 3.54. The molecule has 1 aromatic carbocycles. The molecule has 0 aliphatic carbocycles. The van der Waals surface area contributed by atoms with E-state index in [1.807, 2.05) is 6.07 Å². The molecule has 1 heterocycles. The number of rotatable bonds is 1. The topological polar surface area (TPSA) is 43.6 Å². The van der Waals surface area contributed by atoms with Crippen molar-refractivity contribution in [3.63, 3.8) is 0 Å². The number of tetrazole rings is 1. The van der Waals surface area contributed by atoms with Crippen LogP contribution in [0, 0.1) is 13.8 Å². The first-order chi connectivity index (χ1) is 8.08. The Kier molecular flexibility index (Phi) is 4.82. The fourth-order valence-electron chi connectivity index (χ4n) is 1.28. The van der Waals surface area contributed by atoms with Gasteiger partial charge in [0, 0.05) is 5.56 Å². The van der Waals surface area contributed by atoms with E-state index in [1.165, 1.54) is 22.3 Å². The fourth-order valence-corrected chi connectivity index (χ4v) is 1.28. The first kappa shape index (κ1) is 13.4. The average molecular weight is 232 g/mol. The lowest BCUT2D eigenvalue weighted by Crippen LogP contribution is -1.92. The van der Waals surface area contributed by atoms with Gasteiger partial charge in [-0.15, -0.1) is 10.2 Å². The quantitative estimate of drug-likeness (QED) is 0.759. The molecule has 1 aromatic heterocycles. The van der Waals surface area contributed by atoms with Gasteiger partial charge in [-0.2, -0.15) is 4.80 Å². The summed E-state index contributed by atoms with van der Waals surface area (Å²) in [6, 6.07) is 6.16. The molecule has 4 nitrogen and oxygen atoms in total. The summed E-state index contributed by atoms with van der Waals surface area (Å²) in [5.74, 6) is 0.676. The maximum absolute atomic E-state index is 4.15. The highest BCUT2D eigenvalue weighted by Gasteiger charge is 2.04. The highest BCUT2D eigenvalue weighted by Crippen LogP contribution is 2.17. The summed E-state index contributed by atoms with van der Waals surface area (Å²) in [6.07, 6.45) is 1.25. The van der Waals surface area contributed by atoms with Crippen LogP contribution in [0.1, 0.15) is 31.4 Å². The van der Waals surface area contributed by atoms with Gasteiger partial charge >= 0.3 is 0 Å². The molecule has 92 valence electrons. The minimum absolute atomic E-state index is 0.676. The molecule has 4 heteroatoms. The second-order valence-corrected chi connectivity index (χ2v) is 4.11. The second kappa shape index (κ2) is 6.13. The van der Waals surface area contributed by atoms with Gasteiger partial charge in [-0.3, -0.25) is 0 Å². The van der Waals surface area contributed by atoms with Crippen LogP contribution in [-0.4, -0.2) is 20.2 Å². The Morgan fingerprint density at radius 2 is 1.76 bits per heavy atom. The molecule has 0 amide bonds. The van der Waals surface area contributed by atoms with Crippen LogP contribution in [0.15, 0.2) is 18.2 Å². The van der Waals surface area contributed by atoms with E-state index in [0.717, 1.165) is 5.56 Å². The molecule has 0 fully saturated rings. The van der Waals surface area contributed by atoms with Crippen molar-refractivity contribution < 1.29 is 0 Å².